The number of primary amides is 1. The number of halogens is 3. The van der Waals surface area contributed by atoms with Crippen LogP contribution in [0.5, 0.6) is 17.2 Å². The predicted octanol–water partition coefficient (Wildman–Crippen LogP) is 6.40. The van der Waals surface area contributed by atoms with Crippen molar-refractivity contribution in [2.75, 3.05) is 14.2 Å². The molecule has 0 fully saturated rings. The van der Waals surface area contributed by atoms with Gasteiger partial charge in [-0.15, -0.1) is 11.6 Å². The third-order valence-electron chi connectivity index (χ3n) is 5.59. The van der Waals surface area contributed by atoms with Gasteiger partial charge in [0.25, 0.3) is 5.91 Å². The zero-order chi connectivity index (χ0) is 29.4. The summed E-state index contributed by atoms with van der Waals surface area (Å²) in [6, 6.07) is 16.5. The Bertz CT molecular complexity index is 1600. The van der Waals surface area contributed by atoms with E-state index in [1.165, 1.54) is 6.26 Å². The molecule has 0 unspecified atom stereocenters. The normalized spacial score (nSPS) is 10.5. The van der Waals surface area contributed by atoms with Crippen LogP contribution >= 0.6 is 11.6 Å². The van der Waals surface area contributed by atoms with Gasteiger partial charge in [-0.25, -0.2) is 18.7 Å². The van der Waals surface area contributed by atoms with E-state index in [1.54, 1.807) is 44.7 Å². The van der Waals surface area contributed by atoms with Crippen molar-refractivity contribution < 1.29 is 36.6 Å². The van der Waals surface area contributed by atoms with Gasteiger partial charge in [-0.2, -0.15) is 0 Å². The molecule has 0 aliphatic heterocycles. The average Bonchev–Trinajstić information content (AvgIpc) is 3.67. The Kier molecular flexibility index (Phi) is 9.54. The van der Waals surface area contributed by atoms with Crippen LogP contribution in [0, 0.1) is 11.6 Å². The van der Waals surface area contributed by atoms with Crippen molar-refractivity contribution in [1.29, 1.82) is 0 Å². The second kappa shape index (κ2) is 13.4. The fourth-order valence-corrected chi connectivity index (χ4v) is 3.62. The number of aromatic nitrogens is 2. The second-order valence-corrected chi connectivity index (χ2v) is 8.53. The van der Waals surface area contributed by atoms with Gasteiger partial charge in [-0.1, -0.05) is 0 Å². The highest BCUT2D eigenvalue weighted by Gasteiger charge is 2.19. The summed E-state index contributed by atoms with van der Waals surface area (Å²) in [5.41, 5.74) is 6.88. The predicted molar refractivity (Wildman–Crippen MR) is 146 cm³/mol. The Morgan fingerprint density at radius 1 is 0.829 bits per heavy atom. The van der Waals surface area contributed by atoms with Crippen molar-refractivity contribution in [2.45, 2.75) is 12.5 Å². The van der Waals surface area contributed by atoms with Gasteiger partial charge >= 0.3 is 0 Å². The molecule has 3 aromatic carbocycles. The van der Waals surface area contributed by atoms with Crippen molar-refractivity contribution in [2.24, 2.45) is 5.73 Å². The molecule has 12 heteroatoms. The van der Waals surface area contributed by atoms with Crippen LogP contribution in [0.15, 0.2) is 82.0 Å². The van der Waals surface area contributed by atoms with Crippen LogP contribution in [0.2, 0.25) is 0 Å². The van der Waals surface area contributed by atoms with Gasteiger partial charge < -0.3 is 28.8 Å². The van der Waals surface area contributed by atoms with Crippen LogP contribution in [-0.4, -0.2) is 30.1 Å². The maximum absolute atomic E-state index is 14.1. The van der Waals surface area contributed by atoms with Crippen molar-refractivity contribution in [1.82, 2.24) is 9.97 Å². The van der Waals surface area contributed by atoms with Gasteiger partial charge in [0.1, 0.15) is 47.7 Å². The SMILES string of the molecule is COc1ccc(-c2nc(CCl)co2)cc1.COc1ccc(-c2nc(COc3ccc(F)c(C(N)=O)c3F)co2)cc1. The van der Waals surface area contributed by atoms with E-state index in [2.05, 4.69) is 9.97 Å². The molecule has 2 N–H and O–H groups in total. The lowest BCUT2D eigenvalue weighted by molar-refractivity contribution is 0.0991. The highest BCUT2D eigenvalue weighted by atomic mass is 35.5. The number of benzene rings is 3. The number of nitrogens with two attached hydrogens (primary N) is 1. The zero-order valence-electron chi connectivity index (χ0n) is 21.9. The van der Waals surface area contributed by atoms with Crippen LogP contribution in [0.3, 0.4) is 0 Å². The van der Waals surface area contributed by atoms with E-state index in [0.717, 1.165) is 34.7 Å². The maximum Gasteiger partial charge on any atom is 0.254 e. The molecule has 0 bridgehead atoms. The van der Waals surface area contributed by atoms with Gasteiger partial charge in [0.2, 0.25) is 11.8 Å². The number of oxazole rings is 2. The van der Waals surface area contributed by atoms with Gasteiger partial charge in [0.05, 0.1) is 25.8 Å². The molecule has 0 saturated heterocycles. The molecule has 0 aliphatic rings. The van der Waals surface area contributed by atoms with Crippen LogP contribution in [0.4, 0.5) is 8.78 Å². The molecule has 0 spiro atoms. The molecule has 41 heavy (non-hydrogen) atoms. The van der Waals surface area contributed by atoms with Gasteiger partial charge in [0, 0.05) is 11.1 Å². The number of rotatable bonds is 9. The van der Waals surface area contributed by atoms with Crippen molar-refractivity contribution in [3.8, 4) is 40.2 Å². The molecule has 1 amide bonds. The number of ether oxygens (including phenoxy) is 3. The first-order valence-corrected chi connectivity index (χ1v) is 12.5. The lowest BCUT2D eigenvalue weighted by Crippen LogP contribution is -2.16. The number of hydrogen-bond acceptors (Lipinski definition) is 8. The monoisotopic (exact) mass is 583 g/mol. The van der Waals surface area contributed by atoms with Gasteiger partial charge in [-0.3, -0.25) is 4.79 Å². The van der Waals surface area contributed by atoms with E-state index in [9.17, 15) is 13.6 Å². The first kappa shape index (κ1) is 29.1. The molecular weight excluding hydrogens is 560 g/mol. The van der Waals surface area contributed by atoms with E-state index < -0.39 is 23.1 Å². The molecule has 2 aromatic heterocycles. The standard InChI is InChI=1S/C18H14F2N2O4.C11H10ClNO2/c1-24-12-4-2-10(3-5-12)18-22-11(9-26-18)8-25-14-7-6-13(19)15(16(14)20)17(21)23;1-14-10-4-2-8(3-5-10)11-13-9(6-12)7-15-11/h2-7,9H,8H2,1H3,(H2,21,23);2-5,7H,6H2,1H3. The number of amides is 1. The van der Waals surface area contributed by atoms with E-state index >= 15 is 0 Å². The minimum absolute atomic E-state index is 0.138. The quantitative estimate of drug-likeness (QED) is 0.198. The lowest BCUT2D eigenvalue weighted by atomic mass is 10.1. The summed E-state index contributed by atoms with van der Waals surface area (Å²) >= 11 is 5.63. The molecule has 0 atom stereocenters. The summed E-state index contributed by atoms with van der Waals surface area (Å²) in [7, 11) is 3.19. The Hall–Kier alpha value is -4.90. The fourth-order valence-electron chi connectivity index (χ4n) is 3.50. The minimum atomic E-state index is -1.21. The van der Waals surface area contributed by atoms with Crippen molar-refractivity contribution in [3.05, 3.63) is 102 Å². The lowest BCUT2D eigenvalue weighted by Gasteiger charge is -2.08. The Morgan fingerprint density at radius 2 is 1.34 bits per heavy atom. The Balaban J connectivity index is 0.000000218. The first-order chi connectivity index (χ1) is 19.8. The smallest absolute Gasteiger partial charge is 0.254 e. The van der Waals surface area contributed by atoms with E-state index in [1.807, 2.05) is 24.3 Å². The molecule has 212 valence electrons. The van der Waals surface area contributed by atoms with E-state index in [0.29, 0.717) is 29.1 Å². The summed E-state index contributed by atoms with van der Waals surface area (Å²) < 4.78 is 53.6. The number of hydrogen-bond donors (Lipinski definition) is 1. The molecule has 0 aliphatic carbocycles. The van der Waals surface area contributed by atoms with Crippen molar-refractivity contribution >= 4 is 17.5 Å². The van der Waals surface area contributed by atoms with Crippen LogP contribution < -0.4 is 19.9 Å². The topological polar surface area (TPSA) is 123 Å². The van der Waals surface area contributed by atoms with Crippen LogP contribution in [0.25, 0.3) is 22.9 Å². The number of alkyl halides is 1. The highest BCUT2D eigenvalue weighted by molar-refractivity contribution is 6.16. The molecule has 2 heterocycles. The van der Waals surface area contributed by atoms with Gasteiger partial charge in [-0.05, 0) is 60.7 Å². The van der Waals surface area contributed by atoms with E-state index in [4.69, 9.17) is 40.4 Å². The van der Waals surface area contributed by atoms with Gasteiger partial charge in [0.15, 0.2) is 11.6 Å². The summed E-state index contributed by atoms with van der Waals surface area (Å²) in [5, 5.41) is 0. The van der Waals surface area contributed by atoms with Crippen molar-refractivity contribution in [3.63, 3.8) is 0 Å². The minimum Gasteiger partial charge on any atom is -0.497 e. The third kappa shape index (κ3) is 7.20. The summed E-state index contributed by atoms with van der Waals surface area (Å²) in [4.78, 5) is 19.6. The van der Waals surface area contributed by atoms with E-state index in [-0.39, 0.29) is 12.4 Å². The molecule has 0 saturated carbocycles. The molecule has 5 rings (SSSR count). The molecule has 0 radical (unpaired) electrons. The third-order valence-corrected chi connectivity index (χ3v) is 5.87. The molecular formula is C29H24ClF2N3O6. The number of carbonyl (C=O) groups is 1. The number of methoxy groups -OCH3 is 2. The second-order valence-electron chi connectivity index (χ2n) is 8.27. The Labute approximate surface area is 238 Å². The molecule has 9 nitrogen and oxygen atoms in total. The summed E-state index contributed by atoms with van der Waals surface area (Å²) in [6.07, 6.45) is 2.92. The average molecular weight is 584 g/mol. The number of nitrogens with zero attached hydrogens (tertiary/aromatic N) is 2. The maximum atomic E-state index is 14.1. The highest BCUT2D eigenvalue weighted by Crippen LogP contribution is 2.26. The first-order valence-electron chi connectivity index (χ1n) is 12.0. The van der Waals surface area contributed by atoms with Crippen LogP contribution in [0.1, 0.15) is 21.7 Å². The largest absolute Gasteiger partial charge is 0.497 e. The Morgan fingerprint density at radius 3 is 1.80 bits per heavy atom. The molecule has 5 aromatic rings. The number of carbonyl (C=O) groups excluding carboxylic acids is 1. The summed E-state index contributed by atoms with van der Waals surface area (Å²) in [6.45, 7) is -0.138. The summed E-state index contributed by atoms with van der Waals surface area (Å²) in [5.74, 6) is -0.940. The van der Waals surface area contributed by atoms with Crippen LogP contribution in [-0.2, 0) is 12.5 Å². The zero-order valence-corrected chi connectivity index (χ0v) is 22.7. The fraction of sp³-hybridized carbons (Fsp3) is 0.138.